The van der Waals surface area contributed by atoms with Crippen LogP contribution in [0, 0.1) is 5.92 Å². The number of nitrogens with zero attached hydrogens (tertiary/aromatic N) is 1. The molecule has 0 radical (unpaired) electrons. The number of carboxylic acid groups (broad SMARTS) is 1. The van der Waals surface area contributed by atoms with E-state index >= 15 is 0 Å². The molecule has 1 aromatic heterocycles. The van der Waals surface area contributed by atoms with E-state index in [-0.39, 0.29) is 5.92 Å². The average molecular weight is 230 g/mol. The molecule has 3 rings (SSSR count). The van der Waals surface area contributed by atoms with Crippen LogP contribution < -0.4 is 5.73 Å². The molecule has 4 nitrogen and oxygen atoms in total. The fourth-order valence-corrected chi connectivity index (χ4v) is 2.81. The fraction of sp³-hybridized carbons (Fsp3) is 0.308. The monoisotopic (exact) mass is 230 g/mol. The van der Waals surface area contributed by atoms with E-state index < -0.39 is 5.97 Å². The van der Waals surface area contributed by atoms with Crippen LogP contribution in [0.4, 0.5) is 5.69 Å². The molecule has 1 aliphatic carbocycles. The number of carbonyl (C=O) groups is 1. The van der Waals surface area contributed by atoms with Crippen molar-refractivity contribution in [3.8, 4) is 0 Å². The summed E-state index contributed by atoms with van der Waals surface area (Å²) >= 11 is 0. The molecular weight excluding hydrogens is 216 g/mol. The zero-order chi connectivity index (χ0) is 12.2. The largest absolute Gasteiger partial charge is 0.481 e. The molecule has 1 aromatic carbocycles. The number of nitrogen functional groups attached to an aromatic ring is 1. The lowest BCUT2D eigenvalue weighted by Crippen LogP contribution is -2.14. The average Bonchev–Trinajstić information content (AvgIpc) is 2.80. The van der Waals surface area contributed by atoms with Gasteiger partial charge in [0.25, 0.3) is 0 Å². The molecule has 3 N–H and O–H groups in total. The summed E-state index contributed by atoms with van der Waals surface area (Å²) in [4.78, 5) is 11.0. The quantitative estimate of drug-likeness (QED) is 0.730. The Bertz CT molecular complexity index is 628. The lowest BCUT2D eigenvalue weighted by Gasteiger charge is -2.05. The first-order valence-electron chi connectivity index (χ1n) is 5.66. The van der Waals surface area contributed by atoms with Gasteiger partial charge in [-0.25, -0.2) is 0 Å². The van der Waals surface area contributed by atoms with Gasteiger partial charge in [-0.05, 0) is 30.2 Å². The lowest BCUT2D eigenvalue weighted by atomic mass is 10.1. The SMILES string of the molecule is Cn1c2c(c3cc(N)ccc31)C[C@H](C(=O)O)C2. The summed E-state index contributed by atoms with van der Waals surface area (Å²) in [5.74, 6) is -0.990. The molecule has 1 aliphatic rings. The van der Waals surface area contributed by atoms with E-state index in [9.17, 15) is 4.79 Å². The molecule has 88 valence electrons. The van der Waals surface area contributed by atoms with Crippen LogP contribution in [0.15, 0.2) is 18.2 Å². The van der Waals surface area contributed by atoms with Crippen molar-refractivity contribution in [2.24, 2.45) is 13.0 Å². The lowest BCUT2D eigenvalue weighted by molar-refractivity contribution is -0.141. The van der Waals surface area contributed by atoms with Crippen molar-refractivity contribution in [2.75, 3.05) is 5.73 Å². The molecule has 17 heavy (non-hydrogen) atoms. The Morgan fingerprint density at radius 3 is 2.94 bits per heavy atom. The summed E-state index contributed by atoms with van der Waals surface area (Å²) in [5.41, 5.74) is 9.95. The first-order chi connectivity index (χ1) is 8.08. The van der Waals surface area contributed by atoms with E-state index in [1.165, 1.54) is 0 Å². The highest BCUT2D eigenvalue weighted by Crippen LogP contribution is 2.35. The smallest absolute Gasteiger partial charge is 0.307 e. The Hall–Kier alpha value is -1.97. The summed E-state index contributed by atoms with van der Waals surface area (Å²) in [7, 11) is 1.99. The molecule has 1 atom stereocenters. The van der Waals surface area contributed by atoms with Crippen molar-refractivity contribution in [1.29, 1.82) is 0 Å². The van der Waals surface area contributed by atoms with Crippen LogP contribution in [0.2, 0.25) is 0 Å². The summed E-state index contributed by atoms with van der Waals surface area (Å²) < 4.78 is 2.09. The summed E-state index contributed by atoms with van der Waals surface area (Å²) in [6.07, 6.45) is 1.24. The molecule has 0 spiro atoms. The molecule has 0 fully saturated rings. The van der Waals surface area contributed by atoms with E-state index in [1.54, 1.807) is 0 Å². The van der Waals surface area contributed by atoms with Crippen molar-refractivity contribution >= 4 is 22.6 Å². The maximum absolute atomic E-state index is 11.0. The van der Waals surface area contributed by atoms with Gasteiger partial charge in [-0.15, -0.1) is 0 Å². The molecule has 0 bridgehead atoms. The normalized spacial score (nSPS) is 18.5. The number of fused-ring (bicyclic) bond motifs is 3. The van der Waals surface area contributed by atoms with Crippen molar-refractivity contribution in [2.45, 2.75) is 12.8 Å². The summed E-state index contributed by atoms with van der Waals surface area (Å²) in [5, 5.41) is 10.2. The van der Waals surface area contributed by atoms with Crippen LogP contribution in [0.3, 0.4) is 0 Å². The zero-order valence-corrected chi connectivity index (χ0v) is 9.60. The third kappa shape index (κ3) is 1.33. The molecule has 0 unspecified atom stereocenters. The number of nitrogens with two attached hydrogens (primary N) is 1. The maximum Gasteiger partial charge on any atom is 0.307 e. The standard InChI is InChI=1S/C13H14N2O2/c1-15-11-3-2-8(14)6-10(11)9-4-7(13(16)17)5-12(9)15/h2-3,6-7H,4-5,14H2,1H3,(H,16,17)/t7-/m0/s1. The highest BCUT2D eigenvalue weighted by Gasteiger charge is 2.31. The highest BCUT2D eigenvalue weighted by atomic mass is 16.4. The van der Waals surface area contributed by atoms with E-state index in [1.807, 2.05) is 25.2 Å². The minimum absolute atomic E-state index is 0.281. The Morgan fingerprint density at radius 2 is 2.24 bits per heavy atom. The van der Waals surface area contributed by atoms with Crippen molar-refractivity contribution in [1.82, 2.24) is 4.57 Å². The van der Waals surface area contributed by atoms with E-state index in [4.69, 9.17) is 10.8 Å². The van der Waals surface area contributed by atoms with E-state index in [0.29, 0.717) is 12.8 Å². The van der Waals surface area contributed by atoms with Gasteiger partial charge in [0, 0.05) is 35.8 Å². The summed E-state index contributed by atoms with van der Waals surface area (Å²) in [6.45, 7) is 0. The second kappa shape index (κ2) is 3.26. The van der Waals surface area contributed by atoms with Gasteiger partial charge in [0.2, 0.25) is 0 Å². The number of carboxylic acids is 1. The number of anilines is 1. The summed E-state index contributed by atoms with van der Waals surface area (Å²) in [6, 6.07) is 5.82. The number of hydrogen-bond acceptors (Lipinski definition) is 2. The van der Waals surface area contributed by atoms with Crippen molar-refractivity contribution in [3.05, 3.63) is 29.5 Å². The fourth-order valence-electron chi connectivity index (χ4n) is 2.81. The Balaban J connectivity index is 2.21. The van der Waals surface area contributed by atoms with Gasteiger partial charge < -0.3 is 15.4 Å². The predicted molar refractivity (Wildman–Crippen MR) is 65.9 cm³/mol. The molecule has 0 saturated heterocycles. The molecule has 4 heteroatoms. The highest BCUT2D eigenvalue weighted by molar-refractivity contribution is 5.90. The topological polar surface area (TPSA) is 68.2 Å². The van der Waals surface area contributed by atoms with Gasteiger partial charge in [-0.2, -0.15) is 0 Å². The Kier molecular flexibility index (Phi) is 1.96. The van der Waals surface area contributed by atoms with E-state index in [0.717, 1.165) is 27.8 Å². The van der Waals surface area contributed by atoms with Gasteiger partial charge in [0.15, 0.2) is 0 Å². The zero-order valence-electron chi connectivity index (χ0n) is 9.60. The first kappa shape index (κ1) is 10.2. The van der Waals surface area contributed by atoms with Gasteiger partial charge >= 0.3 is 5.97 Å². The molecule has 2 aromatic rings. The van der Waals surface area contributed by atoms with Crippen LogP contribution in [0.25, 0.3) is 10.9 Å². The van der Waals surface area contributed by atoms with Gasteiger partial charge in [-0.1, -0.05) is 0 Å². The van der Waals surface area contributed by atoms with Crippen LogP contribution in [-0.4, -0.2) is 15.6 Å². The number of aliphatic carboxylic acids is 1. The number of aryl methyl sites for hydroxylation is 1. The Morgan fingerprint density at radius 1 is 1.47 bits per heavy atom. The number of rotatable bonds is 1. The molecule has 0 aliphatic heterocycles. The maximum atomic E-state index is 11.0. The second-order valence-corrected chi connectivity index (χ2v) is 4.70. The van der Waals surface area contributed by atoms with Gasteiger partial charge in [-0.3, -0.25) is 4.79 Å². The third-order valence-corrected chi connectivity index (χ3v) is 3.70. The predicted octanol–water partition coefficient (Wildman–Crippen LogP) is 1.56. The van der Waals surface area contributed by atoms with Gasteiger partial charge in [0.05, 0.1) is 5.92 Å². The van der Waals surface area contributed by atoms with E-state index in [2.05, 4.69) is 4.57 Å². The molecule has 1 heterocycles. The number of aromatic nitrogens is 1. The van der Waals surface area contributed by atoms with Gasteiger partial charge in [0.1, 0.15) is 0 Å². The van der Waals surface area contributed by atoms with Crippen molar-refractivity contribution in [3.63, 3.8) is 0 Å². The minimum Gasteiger partial charge on any atom is -0.481 e. The number of hydrogen-bond donors (Lipinski definition) is 2. The second-order valence-electron chi connectivity index (χ2n) is 4.70. The van der Waals surface area contributed by atoms with Crippen LogP contribution in [0.1, 0.15) is 11.3 Å². The minimum atomic E-state index is -0.710. The Labute approximate surface area is 98.6 Å². The molecular formula is C13H14N2O2. The van der Waals surface area contributed by atoms with Crippen LogP contribution in [0.5, 0.6) is 0 Å². The van der Waals surface area contributed by atoms with Crippen LogP contribution >= 0.6 is 0 Å². The number of benzene rings is 1. The molecule has 0 amide bonds. The first-order valence-corrected chi connectivity index (χ1v) is 5.66. The van der Waals surface area contributed by atoms with Crippen molar-refractivity contribution < 1.29 is 9.90 Å². The molecule has 0 saturated carbocycles. The van der Waals surface area contributed by atoms with Crippen LogP contribution in [-0.2, 0) is 24.7 Å². The third-order valence-electron chi connectivity index (χ3n) is 3.70.